The molecule has 0 amide bonds. The fourth-order valence-corrected chi connectivity index (χ4v) is 1.43. The van der Waals surface area contributed by atoms with Gasteiger partial charge in [-0.1, -0.05) is 24.3 Å². The highest BCUT2D eigenvalue weighted by Crippen LogP contribution is 2.14. The summed E-state index contributed by atoms with van der Waals surface area (Å²) >= 11 is 1.67. The zero-order chi connectivity index (χ0) is 9.52. The molecule has 1 nitrogen and oxygen atoms in total. The fourth-order valence-electron chi connectivity index (χ4n) is 0.945. The summed E-state index contributed by atoms with van der Waals surface area (Å²) in [5.74, 6) is 0. The Bertz CT molecular complexity index is 290. The molecular weight excluding hydrogens is 178 g/mol. The third-order valence-corrected chi connectivity index (χ3v) is 2.29. The maximum absolute atomic E-state index is 4.48. The van der Waals surface area contributed by atoms with Crippen molar-refractivity contribution in [1.82, 2.24) is 0 Å². The summed E-state index contributed by atoms with van der Waals surface area (Å²) < 4.78 is 0. The van der Waals surface area contributed by atoms with Gasteiger partial charge < -0.3 is 0 Å². The van der Waals surface area contributed by atoms with E-state index in [2.05, 4.69) is 11.6 Å². The van der Waals surface area contributed by atoms with E-state index in [1.807, 2.05) is 42.7 Å². The van der Waals surface area contributed by atoms with Crippen molar-refractivity contribution in [3.63, 3.8) is 0 Å². The fraction of sp³-hybridized carbons (Fsp3) is 0.182. The Labute approximate surface area is 83.6 Å². The number of hydrogen-bond donors (Lipinski definition) is 0. The molecule has 0 fully saturated rings. The summed E-state index contributed by atoms with van der Waals surface area (Å²) in [5, 5.41) is 1.10. The van der Waals surface area contributed by atoms with Gasteiger partial charge in [0.15, 0.2) is 0 Å². The van der Waals surface area contributed by atoms with Crippen LogP contribution in [0.5, 0.6) is 0 Å². The van der Waals surface area contributed by atoms with E-state index in [9.17, 15) is 0 Å². The number of rotatable bonds is 3. The second-order valence-corrected chi connectivity index (χ2v) is 3.42. The summed E-state index contributed by atoms with van der Waals surface area (Å²) in [6.45, 7) is 3.70. The minimum Gasteiger partial charge on any atom is -0.246 e. The van der Waals surface area contributed by atoms with Crippen LogP contribution >= 0.6 is 11.8 Å². The molecule has 1 aromatic carbocycles. The zero-order valence-corrected chi connectivity index (χ0v) is 8.55. The number of hydrogen-bond acceptors (Lipinski definition) is 2. The van der Waals surface area contributed by atoms with Crippen molar-refractivity contribution in [2.45, 2.75) is 6.42 Å². The van der Waals surface area contributed by atoms with E-state index in [4.69, 9.17) is 0 Å². The van der Waals surface area contributed by atoms with E-state index in [1.54, 1.807) is 11.8 Å². The van der Waals surface area contributed by atoms with E-state index in [0.717, 1.165) is 17.2 Å². The van der Waals surface area contributed by atoms with Crippen LogP contribution in [0.3, 0.4) is 0 Å². The molecular formula is C11H13NS. The van der Waals surface area contributed by atoms with Crippen LogP contribution in [-0.4, -0.2) is 11.3 Å². The highest BCUT2D eigenvalue weighted by molar-refractivity contribution is 8.13. The molecule has 0 heterocycles. The summed E-state index contributed by atoms with van der Waals surface area (Å²) in [4.78, 5) is 4.48. The van der Waals surface area contributed by atoms with Gasteiger partial charge in [0.1, 0.15) is 0 Å². The molecule has 0 saturated carbocycles. The zero-order valence-electron chi connectivity index (χ0n) is 7.73. The molecule has 0 unspecified atom stereocenters. The van der Waals surface area contributed by atoms with Crippen molar-refractivity contribution >= 4 is 22.5 Å². The summed E-state index contributed by atoms with van der Waals surface area (Å²) in [7, 11) is 0. The lowest BCUT2D eigenvalue weighted by Gasteiger charge is -1.98. The van der Waals surface area contributed by atoms with Crippen LogP contribution < -0.4 is 0 Å². The third kappa shape index (κ3) is 3.47. The molecule has 1 aromatic rings. The van der Waals surface area contributed by atoms with Gasteiger partial charge in [0, 0.05) is 6.42 Å². The molecule has 2 heteroatoms. The number of nitrogens with zero attached hydrogens (tertiary/aromatic N) is 1. The van der Waals surface area contributed by atoms with E-state index in [1.165, 1.54) is 0 Å². The van der Waals surface area contributed by atoms with Crippen molar-refractivity contribution in [1.29, 1.82) is 0 Å². The second kappa shape index (κ2) is 5.60. The molecule has 13 heavy (non-hydrogen) atoms. The number of aliphatic imine (C=N–C) groups is 1. The first-order chi connectivity index (χ1) is 6.36. The van der Waals surface area contributed by atoms with Crippen LogP contribution in [-0.2, 0) is 0 Å². The van der Waals surface area contributed by atoms with Crippen molar-refractivity contribution in [3.05, 3.63) is 43.0 Å². The average Bonchev–Trinajstić information content (AvgIpc) is 2.19. The number of thioether (sulfide) groups is 1. The molecule has 0 saturated heterocycles. The lowest BCUT2D eigenvalue weighted by molar-refractivity contribution is 1.45. The number of allylic oxidation sites excluding steroid dienone is 1. The molecule has 0 atom stereocenters. The predicted octanol–water partition coefficient (Wildman–Crippen LogP) is 3.66. The Balaban J connectivity index is 2.78. The van der Waals surface area contributed by atoms with Gasteiger partial charge in [-0.25, -0.2) is 4.99 Å². The van der Waals surface area contributed by atoms with Crippen LogP contribution in [0.2, 0.25) is 0 Å². The third-order valence-electron chi connectivity index (χ3n) is 1.56. The summed E-state index contributed by atoms with van der Waals surface area (Å²) in [5.41, 5.74) is 1.01. The first-order valence-electron chi connectivity index (χ1n) is 4.14. The summed E-state index contributed by atoms with van der Waals surface area (Å²) in [6, 6.07) is 9.97. The molecule has 0 N–H and O–H groups in total. The maximum atomic E-state index is 4.48. The molecule has 1 rings (SSSR count). The van der Waals surface area contributed by atoms with Crippen LogP contribution in [0.4, 0.5) is 5.69 Å². The van der Waals surface area contributed by atoms with Crippen LogP contribution in [0.25, 0.3) is 0 Å². The van der Waals surface area contributed by atoms with Gasteiger partial charge in [0.05, 0.1) is 10.7 Å². The number of benzene rings is 1. The van der Waals surface area contributed by atoms with E-state index >= 15 is 0 Å². The molecule has 0 radical (unpaired) electrons. The Morgan fingerprint density at radius 1 is 1.46 bits per heavy atom. The van der Waals surface area contributed by atoms with Gasteiger partial charge in [-0.2, -0.15) is 0 Å². The van der Waals surface area contributed by atoms with Crippen LogP contribution in [0.1, 0.15) is 6.42 Å². The smallest absolute Gasteiger partial charge is 0.0773 e. The topological polar surface area (TPSA) is 12.4 Å². The van der Waals surface area contributed by atoms with Crippen molar-refractivity contribution in [2.75, 3.05) is 6.26 Å². The Hall–Kier alpha value is -1.02. The first kappa shape index (κ1) is 10.1. The van der Waals surface area contributed by atoms with Crippen LogP contribution in [0, 0.1) is 0 Å². The normalized spacial score (nSPS) is 11.3. The van der Waals surface area contributed by atoms with E-state index in [0.29, 0.717) is 0 Å². The van der Waals surface area contributed by atoms with Gasteiger partial charge in [-0.15, -0.1) is 18.3 Å². The van der Waals surface area contributed by atoms with Crippen molar-refractivity contribution in [2.24, 2.45) is 4.99 Å². The first-order valence-corrected chi connectivity index (χ1v) is 5.37. The molecule has 0 bridgehead atoms. The van der Waals surface area contributed by atoms with Gasteiger partial charge in [-0.3, -0.25) is 0 Å². The van der Waals surface area contributed by atoms with Gasteiger partial charge >= 0.3 is 0 Å². The maximum Gasteiger partial charge on any atom is 0.0773 e. The minimum absolute atomic E-state index is 0.843. The SMILES string of the molecule is C=CCC(=Nc1ccccc1)SC. The van der Waals surface area contributed by atoms with E-state index < -0.39 is 0 Å². The predicted molar refractivity (Wildman–Crippen MR) is 61.9 cm³/mol. The lowest BCUT2D eigenvalue weighted by atomic mass is 10.3. The Morgan fingerprint density at radius 2 is 2.15 bits per heavy atom. The Morgan fingerprint density at radius 3 is 2.69 bits per heavy atom. The number of para-hydroxylation sites is 1. The highest BCUT2D eigenvalue weighted by Gasteiger charge is 1.93. The van der Waals surface area contributed by atoms with Crippen molar-refractivity contribution in [3.8, 4) is 0 Å². The molecule has 0 aromatic heterocycles. The van der Waals surface area contributed by atoms with Gasteiger partial charge in [-0.05, 0) is 18.4 Å². The largest absolute Gasteiger partial charge is 0.246 e. The van der Waals surface area contributed by atoms with Gasteiger partial charge in [0.25, 0.3) is 0 Å². The van der Waals surface area contributed by atoms with Crippen molar-refractivity contribution < 1.29 is 0 Å². The average molecular weight is 191 g/mol. The highest BCUT2D eigenvalue weighted by atomic mass is 32.2. The summed E-state index contributed by atoms with van der Waals surface area (Å²) in [6.07, 6.45) is 4.75. The Kier molecular flexibility index (Phi) is 4.33. The molecule has 0 spiro atoms. The quantitative estimate of drug-likeness (QED) is 0.403. The molecule has 0 aliphatic carbocycles. The lowest BCUT2D eigenvalue weighted by Crippen LogP contribution is -1.86. The monoisotopic (exact) mass is 191 g/mol. The second-order valence-electron chi connectivity index (χ2n) is 2.54. The van der Waals surface area contributed by atoms with Gasteiger partial charge in [0.2, 0.25) is 0 Å². The standard InChI is InChI=1S/C11H13NS/c1-3-7-11(13-2)12-10-8-5-4-6-9-10/h3-6,8-9H,1,7H2,2H3. The molecule has 0 aliphatic heterocycles. The van der Waals surface area contributed by atoms with E-state index in [-0.39, 0.29) is 0 Å². The molecule has 0 aliphatic rings. The molecule has 68 valence electrons. The minimum atomic E-state index is 0.843. The van der Waals surface area contributed by atoms with Crippen LogP contribution in [0.15, 0.2) is 48.0 Å².